The minimum Gasteiger partial charge on any atom is -0.337 e. The van der Waals surface area contributed by atoms with Crippen LogP contribution in [0.15, 0.2) is 24.3 Å². The standard InChI is InChI=1S/C19H27FN2O/c20-17-10-8-16(9-11-17)19(23)22-12-4-7-18(14-22)21-13-15-5-2-1-3-6-15/h8-11,15,18,21H,1-7,12-14H2. The van der Waals surface area contributed by atoms with Crippen molar-refractivity contribution in [3.05, 3.63) is 35.6 Å². The molecule has 0 spiro atoms. The van der Waals surface area contributed by atoms with Crippen LogP contribution in [0.3, 0.4) is 0 Å². The van der Waals surface area contributed by atoms with E-state index < -0.39 is 0 Å². The van der Waals surface area contributed by atoms with Gasteiger partial charge in [-0.3, -0.25) is 4.79 Å². The van der Waals surface area contributed by atoms with E-state index in [-0.39, 0.29) is 11.7 Å². The highest BCUT2D eigenvalue weighted by Crippen LogP contribution is 2.23. The van der Waals surface area contributed by atoms with Crippen molar-refractivity contribution in [2.45, 2.75) is 51.0 Å². The summed E-state index contributed by atoms with van der Waals surface area (Å²) in [5.74, 6) is 0.535. The summed E-state index contributed by atoms with van der Waals surface area (Å²) >= 11 is 0. The molecule has 1 saturated carbocycles. The average Bonchev–Trinajstić information content (AvgIpc) is 2.61. The van der Waals surface area contributed by atoms with E-state index in [1.54, 1.807) is 12.1 Å². The molecule has 2 fully saturated rings. The molecule has 0 radical (unpaired) electrons. The van der Waals surface area contributed by atoms with Crippen LogP contribution < -0.4 is 5.32 Å². The van der Waals surface area contributed by atoms with Gasteiger partial charge in [-0.2, -0.15) is 0 Å². The number of nitrogens with one attached hydrogen (secondary N) is 1. The van der Waals surface area contributed by atoms with E-state index in [0.29, 0.717) is 11.6 Å². The predicted octanol–water partition coefficient (Wildman–Crippen LogP) is 3.60. The maximum Gasteiger partial charge on any atom is 0.253 e. The van der Waals surface area contributed by atoms with Crippen LogP contribution in [-0.4, -0.2) is 36.5 Å². The molecule has 126 valence electrons. The molecule has 1 aromatic carbocycles. The number of hydrogen-bond acceptors (Lipinski definition) is 2. The third-order valence-corrected chi connectivity index (χ3v) is 5.22. The molecule has 2 aliphatic rings. The van der Waals surface area contributed by atoms with E-state index in [4.69, 9.17) is 0 Å². The Labute approximate surface area is 138 Å². The Morgan fingerprint density at radius 2 is 1.83 bits per heavy atom. The third-order valence-electron chi connectivity index (χ3n) is 5.22. The summed E-state index contributed by atoms with van der Waals surface area (Å²) < 4.78 is 13.0. The SMILES string of the molecule is O=C(c1ccc(F)cc1)N1CCCC(NCC2CCCCC2)C1. The second-order valence-electron chi connectivity index (χ2n) is 7.01. The Morgan fingerprint density at radius 3 is 2.57 bits per heavy atom. The summed E-state index contributed by atoms with van der Waals surface area (Å²) in [6.45, 7) is 2.66. The second kappa shape index (κ2) is 7.91. The average molecular weight is 318 g/mol. The van der Waals surface area contributed by atoms with Gasteiger partial charge in [0, 0.05) is 24.7 Å². The highest BCUT2D eigenvalue weighted by Gasteiger charge is 2.25. The molecule has 1 aliphatic heterocycles. The van der Waals surface area contributed by atoms with E-state index in [2.05, 4.69) is 5.32 Å². The Kier molecular flexibility index (Phi) is 5.65. The number of carbonyl (C=O) groups is 1. The largest absolute Gasteiger partial charge is 0.337 e. The van der Waals surface area contributed by atoms with Crippen molar-refractivity contribution in [3.8, 4) is 0 Å². The van der Waals surface area contributed by atoms with Crippen LogP contribution in [-0.2, 0) is 0 Å². The summed E-state index contributed by atoms with van der Waals surface area (Å²) in [6.07, 6.45) is 8.99. The van der Waals surface area contributed by atoms with Crippen LogP contribution in [0.1, 0.15) is 55.3 Å². The van der Waals surface area contributed by atoms with E-state index >= 15 is 0 Å². The lowest BCUT2D eigenvalue weighted by Gasteiger charge is -2.34. The van der Waals surface area contributed by atoms with Gasteiger partial charge >= 0.3 is 0 Å². The van der Waals surface area contributed by atoms with Gasteiger partial charge < -0.3 is 10.2 Å². The molecule has 1 unspecified atom stereocenters. The van der Waals surface area contributed by atoms with Gasteiger partial charge in [-0.1, -0.05) is 19.3 Å². The Hall–Kier alpha value is -1.42. The van der Waals surface area contributed by atoms with Gasteiger partial charge in [0.2, 0.25) is 0 Å². The molecule has 1 heterocycles. The second-order valence-corrected chi connectivity index (χ2v) is 7.01. The number of amides is 1. The fraction of sp³-hybridized carbons (Fsp3) is 0.632. The van der Waals surface area contributed by atoms with Crippen LogP contribution in [0.4, 0.5) is 4.39 Å². The van der Waals surface area contributed by atoms with Gasteiger partial charge in [-0.05, 0) is 62.4 Å². The summed E-state index contributed by atoms with van der Waals surface area (Å²) in [5, 5.41) is 3.68. The number of nitrogens with zero attached hydrogens (tertiary/aromatic N) is 1. The minimum absolute atomic E-state index is 0.0224. The lowest BCUT2D eigenvalue weighted by atomic mass is 9.89. The lowest BCUT2D eigenvalue weighted by Crippen LogP contribution is -2.49. The monoisotopic (exact) mass is 318 g/mol. The molecular weight excluding hydrogens is 291 g/mol. The zero-order valence-corrected chi connectivity index (χ0v) is 13.8. The molecule has 1 aliphatic carbocycles. The van der Waals surface area contributed by atoms with Crippen LogP contribution in [0.25, 0.3) is 0 Å². The summed E-state index contributed by atoms with van der Waals surface area (Å²) in [5.41, 5.74) is 0.583. The van der Waals surface area contributed by atoms with Crippen molar-refractivity contribution < 1.29 is 9.18 Å². The van der Waals surface area contributed by atoms with Crippen molar-refractivity contribution in [1.29, 1.82) is 0 Å². The molecule has 0 aromatic heterocycles. The molecule has 4 heteroatoms. The molecule has 1 N–H and O–H groups in total. The number of carbonyl (C=O) groups excluding carboxylic acids is 1. The van der Waals surface area contributed by atoms with E-state index in [1.165, 1.54) is 44.2 Å². The summed E-state index contributed by atoms with van der Waals surface area (Å²) in [7, 11) is 0. The van der Waals surface area contributed by atoms with Crippen molar-refractivity contribution in [3.63, 3.8) is 0 Å². The van der Waals surface area contributed by atoms with E-state index in [1.807, 2.05) is 4.90 Å². The smallest absolute Gasteiger partial charge is 0.253 e. The van der Waals surface area contributed by atoms with Gasteiger partial charge in [0.15, 0.2) is 0 Å². The van der Waals surface area contributed by atoms with Crippen LogP contribution in [0.2, 0.25) is 0 Å². The molecule has 3 rings (SSSR count). The van der Waals surface area contributed by atoms with Gasteiger partial charge in [0.25, 0.3) is 5.91 Å². The number of piperidine rings is 1. The Balaban J connectivity index is 1.51. The van der Waals surface area contributed by atoms with Gasteiger partial charge in [-0.25, -0.2) is 4.39 Å². The Bertz CT molecular complexity index is 511. The van der Waals surface area contributed by atoms with Gasteiger partial charge in [0.05, 0.1) is 0 Å². The summed E-state index contributed by atoms with van der Waals surface area (Å²) in [4.78, 5) is 14.5. The molecule has 0 bridgehead atoms. The van der Waals surface area contributed by atoms with Crippen LogP contribution in [0, 0.1) is 11.7 Å². The number of benzene rings is 1. The molecule has 1 amide bonds. The van der Waals surface area contributed by atoms with Gasteiger partial charge in [0.1, 0.15) is 5.82 Å². The van der Waals surface area contributed by atoms with Crippen molar-refractivity contribution in [1.82, 2.24) is 10.2 Å². The fourth-order valence-electron chi connectivity index (χ4n) is 3.83. The topological polar surface area (TPSA) is 32.3 Å². The first kappa shape index (κ1) is 16.4. The van der Waals surface area contributed by atoms with E-state index in [9.17, 15) is 9.18 Å². The first-order chi connectivity index (χ1) is 11.2. The van der Waals surface area contributed by atoms with Crippen molar-refractivity contribution in [2.24, 2.45) is 5.92 Å². The number of rotatable bonds is 4. The predicted molar refractivity (Wildman–Crippen MR) is 89.9 cm³/mol. The van der Waals surface area contributed by atoms with Crippen LogP contribution in [0.5, 0.6) is 0 Å². The Morgan fingerprint density at radius 1 is 1.09 bits per heavy atom. The summed E-state index contributed by atoms with van der Waals surface area (Å²) in [6, 6.07) is 6.27. The lowest BCUT2D eigenvalue weighted by molar-refractivity contribution is 0.0692. The molecule has 1 atom stereocenters. The number of hydrogen-bond donors (Lipinski definition) is 1. The fourth-order valence-corrected chi connectivity index (χ4v) is 3.83. The first-order valence-corrected chi connectivity index (χ1v) is 9.00. The molecular formula is C19H27FN2O. The normalized spacial score (nSPS) is 23.0. The van der Waals surface area contributed by atoms with Crippen molar-refractivity contribution in [2.75, 3.05) is 19.6 Å². The zero-order chi connectivity index (χ0) is 16.1. The maximum absolute atomic E-state index is 13.0. The number of likely N-dealkylation sites (tertiary alicyclic amines) is 1. The molecule has 1 saturated heterocycles. The van der Waals surface area contributed by atoms with Gasteiger partial charge in [-0.15, -0.1) is 0 Å². The molecule has 3 nitrogen and oxygen atoms in total. The van der Waals surface area contributed by atoms with Crippen LogP contribution >= 0.6 is 0 Å². The quantitative estimate of drug-likeness (QED) is 0.920. The van der Waals surface area contributed by atoms with Crippen molar-refractivity contribution >= 4 is 5.91 Å². The highest BCUT2D eigenvalue weighted by molar-refractivity contribution is 5.94. The maximum atomic E-state index is 13.0. The minimum atomic E-state index is -0.299. The molecule has 1 aromatic rings. The van der Waals surface area contributed by atoms with E-state index in [0.717, 1.165) is 38.4 Å². The highest BCUT2D eigenvalue weighted by atomic mass is 19.1. The third kappa shape index (κ3) is 4.54. The number of halogens is 1. The first-order valence-electron chi connectivity index (χ1n) is 9.00. The molecule has 23 heavy (non-hydrogen) atoms. The zero-order valence-electron chi connectivity index (χ0n) is 13.8.